The molecule has 1 aromatic rings. The third-order valence-corrected chi connectivity index (χ3v) is 1.38. The van der Waals surface area contributed by atoms with Gasteiger partial charge in [0, 0.05) is 6.54 Å². The predicted octanol–water partition coefficient (Wildman–Crippen LogP) is 2.17. The fourth-order valence-electron chi connectivity index (χ4n) is 0.874. The van der Waals surface area contributed by atoms with E-state index in [9.17, 15) is 0 Å². The normalized spacial score (nSPS) is 8.86. The molecule has 0 aliphatic rings. The van der Waals surface area contributed by atoms with Crippen LogP contribution in [0.15, 0.2) is 18.3 Å². The number of hydrogen-bond acceptors (Lipinski definition) is 3. The lowest BCUT2D eigenvalue weighted by molar-refractivity contribution is 0.241. The monoisotopic (exact) mass is 238 g/mol. The average Bonchev–Trinajstić information content (AvgIpc) is 2.05. The Morgan fingerprint density at radius 2 is 2.00 bits per heavy atom. The predicted molar refractivity (Wildman–Crippen MR) is 62.4 cm³/mol. The van der Waals surface area contributed by atoms with Crippen LogP contribution < -0.4 is 10.5 Å². The minimum absolute atomic E-state index is 0. The summed E-state index contributed by atoms with van der Waals surface area (Å²) in [6.45, 7) is 4.44. The summed E-state index contributed by atoms with van der Waals surface area (Å²) in [5, 5.41) is 0. The van der Waals surface area contributed by atoms with Crippen LogP contribution in [-0.2, 0) is 6.54 Å². The molecule has 0 atom stereocenters. The molecule has 0 spiro atoms. The number of rotatable bonds is 3. The number of halogens is 2. The van der Waals surface area contributed by atoms with Crippen LogP contribution in [0.25, 0.3) is 0 Å². The Labute approximate surface area is 96.9 Å². The summed E-state index contributed by atoms with van der Waals surface area (Å²) in [4.78, 5) is 4.10. The highest BCUT2D eigenvalue weighted by molar-refractivity contribution is 5.85. The van der Waals surface area contributed by atoms with Gasteiger partial charge in [0.15, 0.2) is 0 Å². The molecule has 0 aliphatic heterocycles. The summed E-state index contributed by atoms with van der Waals surface area (Å²) in [7, 11) is 0. The Balaban J connectivity index is 0. The van der Waals surface area contributed by atoms with Crippen molar-refractivity contribution in [2.75, 3.05) is 0 Å². The third-order valence-electron chi connectivity index (χ3n) is 1.38. The molecule has 1 rings (SSSR count). The number of ether oxygens (including phenoxy) is 1. The van der Waals surface area contributed by atoms with Gasteiger partial charge in [-0.2, -0.15) is 0 Å². The van der Waals surface area contributed by atoms with E-state index in [0.29, 0.717) is 6.54 Å². The lowest BCUT2D eigenvalue weighted by atomic mass is 10.3. The Morgan fingerprint density at radius 1 is 1.36 bits per heavy atom. The van der Waals surface area contributed by atoms with Gasteiger partial charge in [-0.05, 0) is 26.0 Å². The van der Waals surface area contributed by atoms with E-state index in [2.05, 4.69) is 4.98 Å². The molecule has 0 amide bonds. The largest absolute Gasteiger partial charge is 0.489 e. The molecular weight excluding hydrogens is 223 g/mol. The third kappa shape index (κ3) is 5.27. The van der Waals surface area contributed by atoms with Gasteiger partial charge < -0.3 is 10.5 Å². The Kier molecular flexibility index (Phi) is 8.94. The van der Waals surface area contributed by atoms with Crippen molar-refractivity contribution in [3.63, 3.8) is 0 Å². The molecule has 5 heteroatoms. The zero-order valence-electron chi connectivity index (χ0n) is 8.27. The molecule has 0 saturated carbocycles. The first-order chi connectivity index (χ1) is 5.72. The van der Waals surface area contributed by atoms with E-state index < -0.39 is 0 Å². The van der Waals surface area contributed by atoms with Gasteiger partial charge in [-0.15, -0.1) is 24.8 Å². The second-order valence-electron chi connectivity index (χ2n) is 2.86. The lowest BCUT2D eigenvalue weighted by Gasteiger charge is -2.08. The summed E-state index contributed by atoms with van der Waals surface area (Å²) in [6, 6.07) is 3.76. The van der Waals surface area contributed by atoms with Crippen molar-refractivity contribution in [2.45, 2.75) is 26.5 Å². The van der Waals surface area contributed by atoms with Gasteiger partial charge in [0.2, 0.25) is 0 Å². The zero-order valence-corrected chi connectivity index (χ0v) is 9.90. The topological polar surface area (TPSA) is 48.1 Å². The first-order valence-corrected chi connectivity index (χ1v) is 4.04. The zero-order chi connectivity index (χ0) is 8.97. The maximum Gasteiger partial charge on any atom is 0.137 e. The second-order valence-corrected chi connectivity index (χ2v) is 2.86. The van der Waals surface area contributed by atoms with Gasteiger partial charge in [0.25, 0.3) is 0 Å². The van der Waals surface area contributed by atoms with Crippen molar-refractivity contribution in [3.05, 3.63) is 24.0 Å². The number of nitrogens with zero attached hydrogens (tertiary/aromatic N) is 1. The van der Waals surface area contributed by atoms with Crippen molar-refractivity contribution < 1.29 is 4.74 Å². The number of hydrogen-bond donors (Lipinski definition) is 1. The summed E-state index contributed by atoms with van der Waals surface area (Å²) in [6.07, 6.45) is 1.89. The molecule has 0 fully saturated rings. The summed E-state index contributed by atoms with van der Waals surface area (Å²) in [5.41, 5.74) is 6.28. The summed E-state index contributed by atoms with van der Waals surface area (Å²) in [5.74, 6) is 0.794. The molecule has 1 aromatic heterocycles. The van der Waals surface area contributed by atoms with Gasteiger partial charge in [0.05, 0.1) is 18.0 Å². The Bertz CT molecular complexity index is 239. The highest BCUT2D eigenvalue weighted by atomic mass is 35.5. The van der Waals surface area contributed by atoms with E-state index in [0.717, 1.165) is 11.4 Å². The van der Waals surface area contributed by atoms with Gasteiger partial charge in [0.1, 0.15) is 5.75 Å². The number of nitrogens with two attached hydrogens (primary N) is 1. The van der Waals surface area contributed by atoms with Crippen LogP contribution in [0.5, 0.6) is 5.75 Å². The smallest absolute Gasteiger partial charge is 0.137 e. The van der Waals surface area contributed by atoms with Gasteiger partial charge >= 0.3 is 0 Å². The Morgan fingerprint density at radius 3 is 2.36 bits per heavy atom. The van der Waals surface area contributed by atoms with Gasteiger partial charge in [-0.25, -0.2) is 0 Å². The van der Waals surface area contributed by atoms with Crippen molar-refractivity contribution in [3.8, 4) is 5.75 Å². The van der Waals surface area contributed by atoms with Crippen LogP contribution in [-0.4, -0.2) is 11.1 Å². The molecule has 0 aliphatic carbocycles. The molecule has 82 valence electrons. The van der Waals surface area contributed by atoms with Crippen LogP contribution in [0.2, 0.25) is 0 Å². The van der Waals surface area contributed by atoms with Crippen LogP contribution >= 0.6 is 24.8 Å². The van der Waals surface area contributed by atoms with Crippen LogP contribution in [0.4, 0.5) is 0 Å². The quantitative estimate of drug-likeness (QED) is 0.879. The summed E-state index contributed by atoms with van der Waals surface area (Å²) < 4.78 is 5.41. The molecule has 3 nitrogen and oxygen atoms in total. The van der Waals surface area contributed by atoms with Crippen molar-refractivity contribution in [1.29, 1.82) is 0 Å². The molecule has 0 aromatic carbocycles. The van der Waals surface area contributed by atoms with Crippen LogP contribution in [0.3, 0.4) is 0 Å². The highest BCUT2D eigenvalue weighted by Gasteiger charge is 1.97. The molecule has 0 radical (unpaired) electrons. The fourth-order valence-corrected chi connectivity index (χ4v) is 0.874. The van der Waals surface area contributed by atoms with E-state index in [1.165, 1.54) is 0 Å². The highest BCUT2D eigenvalue weighted by Crippen LogP contribution is 2.10. The first kappa shape index (κ1) is 15.9. The van der Waals surface area contributed by atoms with Crippen molar-refractivity contribution >= 4 is 24.8 Å². The average molecular weight is 239 g/mol. The van der Waals surface area contributed by atoms with E-state index in [-0.39, 0.29) is 30.9 Å². The minimum atomic E-state index is 0. The van der Waals surface area contributed by atoms with Gasteiger partial charge in [-0.3, -0.25) is 4.98 Å². The lowest BCUT2D eigenvalue weighted by Crippen LogP contribution is -2.06. The maximum absolute atomic E-state index is 5.41. The van der Waals surface area contributed by atoms with E-state index in [1.807, 2.05) is 26.0 Å². The molecule has 0 unspecified atom stereocenters. The minimum Gasteiger partial charge on any atom is -0.489 e. The SMILES string of the molecule is CC(C)Oc1ccc(CN)nc1.Cl.Cl. The van der Waals surface area contributed by atoms with Crippen LogP contribution in [0, 0.1) is 0 Å². The van der Waals surface area contributed by atoms with Gasteiger partial charge in [-0.1, -0.05) is 0 Å². The van der Waals surface area contributed by atoms with E-state index in [4.69, 9.17) is 10.5 Å². The molecule has 14 heavy (non-hydrogen) atoms. The molecular formula is C9H16Cl2N2O. The maximum atomic E-state index is 5.41. The molecule has 0 bridgehead atoms. The standard InChI is InChI=1S/C9H14N2O.2ClH/c1-7(2)12-9-4-3-8(5-10)11-6-9;;/h3-4,6-7H,5,10H2,1-2H3;2*1H. The Hall–Kier alpha value is -0.510. The fraction of sp³-hybridized carbons (Fsp3) is 0.444. The van der Waals surface area contributed by atoms with Crippen LogP contribution in [0.1, 0.15) is 19.5 Å². The molecule has 0 saturated heterocycles. The number of pyridine rings is 1. The van der Waals surface area contributed by atoms with E-state index >= 15 is 0 Å². The second kappa shape index (κ2) is 7.85. The van der Waals surface area contributed by atoms with Crippen molar-refractivity contribution in [2.24, 2.45) is 5.73 Å². The molecule has 1 heterocycles. The van der Waals surface area contributed by atoms with E-state index in [1.54, 1.807) is 6.20 Å². The van der Waals surface area contributed by atoms with Crippen molar-refractivity contribution in [1.82, 2.24) is 4.98 Å². The molecule has 2 N–H and O–H groups in total. The number of aromatic nitrogens is 1. The first-order valence-electron chi connectivity index (χ1n) is 4.04. The summed E-state index contributed by atoms with van der Waals surface area (Å²) >= 11 is 0.